The van der Waals surface area contributed by atoms with Gasteiger partial charge < -0.3 is 20.1 Å². The van der Waals surface area contributed by atoms with E-state index >= 15 is 0 Å². The van der Waals surface area contributed by atoms with Crippen LogP contribution < -0.4 is 20.1 Å². The molecular formula is C19H18BrClN2O4. The van der Waals surface area contributed by atoms with Gasteiger partial charge in [-0.25, -0.2) is 0 Å². The van der Waals surface area contributed by atoms with Gasteiger partial charge in [-0.15, -0.1) is 0 Å². The summed E-state index contributed by atoms with van der Waals surface area (Å²) in [7, 11) is 0. The summed E-state index contributed by atoms with van der Waals surface area (Å²) in [6, 6.07) is 10.1. The molecule has 2 aromatic rings. The van der Waals surface area contributed by atoms with E-state index in [1.165, 1.54) is 0 Å². The van der Waals surface area contributed by atoms with Gasteiger partial charge in [0.05, 0.1) is 5.69 Å². The summed E-state index contributed by atoms with van der Waals surface area (Å²) < 4.78 is 11.7. The van der Waals surface area contributed by atoms with Crippen molar-refractivity contribution < 1.29 is 19.1 Å². The van der Waals surface area contributed by atoms with Gasteiger partial charge in [-0.3, -0.25) is 9.59 Å². The minimum Gasteiger partial charge on any atom is -0.486 e. The Bertz CT molecular complexity index is 842. The predicted molar refractivity (Wildman–Crippen MR) is 107 cm³/mol. The first kappa shape index (κ1) is 19.5. The topological polar surface area (TPSA) is 76.7 Å². The molecule has 0 spiro atoms. The van der Waals surface area contributed by atoms with Crippen LogP contribution in [0.3, 0.4) is 0 Å². The molecule has 27 heavy (non-hydrogen) atoms. The zero-order chi connectivity index (χ0) is 19.2. The molecule has 3 rings (SSSR count). The highest BCUT2D eigenvalue weighted by Crippen LogP contribution is 2.38. The van der Waals surface area contributed by atoms with Crippen molar-refractivity contribution in [2.24, 2.45) is 0 Å². The molecule has 0 unspecified atom stereocenters. The molecule has 0 aliphatic carbocycles. The van der Waals surface area contributed by atoms with Crippen LogP contribution in [-0.4, -0.2) is 31.6 Å². The lowest BCUT2D eigenvalue weighted by atomic mass is 10.2. The summed E-state index contributed by atoms with van der Waals surface area (Å²) in [4.78, 5) is 24.1. The Hall–Kier alpha value is -2.25. The van der Waals surface area contributed by atoms with Gasteiger partial charge in [0.15, 0.2) is 11.5 Å². The molecule has 0 atom stereocenters. The number of carbonyl (C=O) groups excluding carboxylic acids is 2. The number of rotatable bonds is 6. The Morgan fingerprint density at radius 2 is 1.74 bits per heavy atom. The first-order chi connectivity index (χ1) is 13.0. The van der Waals surface area contributed by atoms with Crippen LogP contribution in [0.25, 0.3) is 0 Å². The first-order valence-corrected chi connectivity index (χ1v) is 9.63. The smallest absolute Gasteiger partial charge is 0.251 e. The van der Waals surface area contributed by atoms with Crippen LogP contribution in [0.2, 0.25) is 5.02 Å². The average molecular weight is 454 g/mol. The molecule has 1 heterocycles. The second-order valence-electron chi connectivity index (χ2n) is 5.89. The first-order valence-electron chi connectivity index (χ1n) is 8.45. The highest BCUT2D eigenvalue weighted by Gasteiger charge is 2.16. The number of benzene rings is 2. The van der Waals surface area contributed by atoms with Gasteiger partial charge in [-0.1, -0.05) is 11.6 Å². The molecule has 1 aliphatic heterocycles. The lowest BCUT2D eigenvalue weighted by Crippen LogP contribution is -2.25. The second kappa shape index (κ2) is 9.10. The van der Waals surface area contributed by atoms with E-state index in [-0.39, 0.29) is 18.2 Å². The van der Waals surface area contributed by atoms with Crippen molar-refractivity contribution in [2.75, 3.05) is 25.1 Å². The standard InChI is InChI=1S/C19H18BrClN2O4/c20-14-10-16-17(27-9-8-26-16)11-15(14)23-18(24)2-1-7-22-19(25)12-3-5-13(21)6-4-12/h3-6,10-11H,1-2,7-9H2,(H,22,25)(H,23,24). The molecular weight excluding hydrogens is 436 g/mol. The van der Waals surface area contributed by atoms with E-state index in [1.54, 1.807) is 36.4 Å². The Kier molecular flexibility index (Phi) is 6.58. The third-order valence-electron chi connectivity index (χ3n) is 3.88. The van der Waals surface area contributed by atoms with E-state index in [2.05, 4.69) is 26.6 Å². The van der Waals surface area contributed by atoms with Crippen molar-refractivity contribution in [3.63, 3.8) is 0 Å². The van der Waals surface area contributed by atoms with Crippen molar-refractivity contribution in [3.8, 4) is 11.5 Å². The predicted octanol–water partition coefficient (Wildman–Crippen LogP) is 4.02. The van der Waals surface area contributed by atoms with Gasteiger partial charge in [0.1, 0.15) is 13.2 Å². The summed E-state index contributed by atoms with van der Waals surface area (Å²) in [6.07, 6.45) is 0.801. The molecule has 142 valence electrons. The summed E-state index contributed by atoms with van der Waals surface area (Å²) in [5, 5.41) is 6.20. The molecule has 0 bridgehead atoms. The van der Waals surface area contributed by atoms with Crippen molar-refractivity contribution in [1.29, 1.82) is 0 Å². The van der Waals surface area contributed by atoms with Crippen LogP contribution in [0.15, 0.2) is 40.9 Å². The van der Waals surface area contributed by atoms with Gasteiger partial charge in [0.25, 0.3) is 5.91 Å². The number of fused-ring (bicyclic) bond motifs is 1. The summed E-state index contributed by atoms with van der Waals surface area (Å²) in [5.74, 6) is 0.917. The van der Waals surface area contributed by atoms with Crippen LogP contribution in [0.4, 0.5) is 5.69 Å². The summed E-state index contributed by atoms with van der Waals surface area (Å²) in [5.41, 5.74) is 1.15. The Morgan fingerprint density at radius 3 is 2.44 bits per heavy atom. The van der Waals surface area contributed by atoms with Crippen LogP contribution in [0.5, 0.6) is 11.5 Å². The lowest BCUT2D eigenvalue weighted by molar-refractivity contribution is -0.116. The maximum Gasteiger partial charge on any atom is 0.251 e. The summed E-state index contributed by atoms with van der Waals surface area (Å²) >= 11 is 9.22. The van der Waals surface area contributed by atoms with Crippen molar-refractivity contribution >= 4 is 45.0 Å². The number of amides is 2. The van der Waals surface area contributed by atoms with Crippen LogP contribution >= 0.6 is 27.5 Å². The van der Waals surface area contributed by atoms with Crippen molar-refractivity contribution in [2.45, 2.75) is 12.8 Å². The number of hydrogen-bond donors (Lipinski definition) is 2. The van der Waals surface area contributed by atoms with Gasteiger partial charge >= 0.3 is 0 Å². The van der Waals surface area contributed by atoms with Gasteiger partial charge in [0.2, 0.25) is 5.91 Å². The van der Waals surface area contributed by atoms with Crippen LogP contribution in [0.1, 0.15) is 23.2 Å². The van der Waals surface area contributed by atoms with E-state index < -0.39 is 0 Å². The van der Waals surface area contributed by atoms with E-state index in [9.17, 15) is 9.59 Å². The quantitative estimate of drug-likeness (QED) is 0.648. The number of carbonyl (C=O) groups is 2. The zero-order valence-electron chi connectivity index (χ0n) is 14.4. The molecule has 2 amide bonds. The maximum absolute atomic E-state index is 12.2. The normalized spacial score (nSPS) is 12.4. The van der Waals surface area contributed by atoms with Gasteiger partial charge in [0, 0.05) is 40.2 Å². The molecule has 2 aromatic carbocycles. The fourth-order valence-electron chi connectivity index (χ4n) is 2.53. The molecule has 0 aromatic heterocycles. The van der Waals surface area contributed by atoms with Gasteiger partial charge in [-0.05, 0) is 46.6 Å². The Morgan fingerprint density at radius 1 is 1.07 bits per heavy atom. The Labute approximate surface area is 170 Å². The third kappa shape index (κ3) is 5.37. The minimum absolute atomic E-state index is 0.145. The number of ether oxygens (including phenoxy) is 2. The number of nitrogens with one attached hydrogen (secondary N) is 2. The highest BCUT2D eigenvalue weighted by atomic mass is 79.9. The van der Waals surface area contributed by atoms with Gasteiger partial charge in [-0.2, -0.15) is 0 Å². The maximum atomic E-state index is 12.2. The van der Waals surface area contributed by atoms with E-state index in [4.69, 9.17) is 21.1 Å². The van der Waals surface area contributed by atoms with E-state index in [1.807, 2.05) is 0 Å². The lowest BCUT2D eigenvalue weighted by Gasteiger charge is -2.20. The molecule has 0 saturated carbocycles. The minimum atomic E-state index is -0.193. The Balaban J connectivity index is 1.45. The number of hydrogen-bond acceptors (Lipinski definition) is 4. The molecule has 8 heteroatoms. The van der Waals surface area contributed by atoms with Crippen LogP contribution in [-0.2, 0) is 4.79 Å². The van der Waals surface area contributed by atoms with E-state index in [0.29, 0.717) is 54.0 Å². The van der Waals surface area contributed by atoms with Crippen LogP contribution in [0, 0.1) is 0 Å². The molecule has 0 radical (unpaired) electrons. The largest absolute Gasteiger partial charge is 0.486 e. The third-order valence-corrected chi connectivity index (χ3v) is 4.79. The molecule has 2 N–H and O–H groups in total. The molecule has 6 nitrogen and oxygen atoms in total. The van der Waals surface area contributed by atoms with E-state index in [0.717, 1.165) is 4.47 Å². The second-order valence-corrected chi connectivity index (χ2v) is 7.18. The average Bonchev–Trinajstić information content (AvgIpc) is 2.66. The SMILES string of the molecule is O=C(CCCNC(=O)c1ccc(Cl)cc1)Nc1cc2c(cc1Br)OCCO2. The highest BCUT2D eigenvalue weighted by molar-refractivity contribution is 9.10. The zero-order valence-corrected chi connectivity index (χ0v) is 16.7. The molecule has 0 fully saturated rings. The summed E-state index contributed by atoms with van der Waals surface area (Å²) in [6.45, 7) is 1.39. The van der Waals surface area contributed by atoms with Crippen molar-refractivity contribution in [1.82, 2.24) is 5.32 Å². The fraction of sp³-hybridized carbons (Fsp3) is 0.263. The number of anilines is 1. The monoisotopic (exact) mass is 452 g/mol. The molecule has 1 aliphatic rings. The number of halogens is 2. The fourth-order valence-corrected chi connectivity index (χ4v) is 3.07. The molecule has 0 saturated heterocycles. The van der Waals surface area contributed by atoms with Crippen molar-refractivity contribution in [3.05, 3.63) is 51.5 Å².